The molecule has 0 bridgehead atoms. The zero-order valence-corrected chi connectivity index (χ0v) is 19.2. The number of aryl methyl sites for hydroxylation is 1. The molecule has 0 aromatic carbocycles. The number of aromatic nitrogens is 2. The van der Waals surface area contributed by atoms with E-state index in [1.807, 2.05) is 18.3 Å². The summed E-state index contributed by atoms with van der Waals surface area (Å²) in [7, 11) is 0. The van der Waals surface area contributed by atoms with E-state index < -0.39 is 0 Å². The molecule has 2 aromatic rings. The fourth-order valence-electron chi connectivity index (χ4n) is 3.05. The van der Waals surface area contributed by atoms with Crippen LogP contribution in [0.4, 0.5) is 5.82 Å². The molecule has 1 aliphatic rings. The molecule has 0 unspecified atom stereocenters. The first kappa shape index (κ1) is 21.9. The van der Waals surface area contributed by atoms with Crippen molar-refractivity contribution in [2.24, 2.45) is 4.99 Å². The van der Waals surface area contributed by atoms with Crippen molar-refractivity contribution in [3.05, 3.63) is 40.5 Å². The van der Waals surface area contributed by atoms with E-state index in [0.717, 1.165) is 56.4 Å². The molecule has 27 heavy (non-hydrogen) atoms. The highest BCUT2D eigenvalue weighted by Crippen LogP contribution is 2.17. The lowest BCUT2D eigenvalue weighted by Crippen LogP contribution is -2.48. The van der Waals surface area contributed by atoms with Gasteiger partial charge in [-0.05, 0) is 38.3 Å². The molecule has 1 aliphatic heterocycles. The predicted molar refractivity (Wildman–Crippen MR) is 124 cm³/mol. The van der Waals surface area contributed by atoms with Crippen molar-refractivity contribution in [2.45, 2.75) is 45.7 Å². The summed E-state index contributed by atoms with van der Waals surface area (Å²) in [5.74, 6) is 1.96. The van der Waals surface area contributed by atoms with Crippen molar-refractivity contribution in [1.29, 1.82) is 0 Å². The number of thiazole rings is 1. The number of aliphatic imine (C=N–C) groups is 1. The van der Waals surface area contributed by atoms with Crippen molar-refractivity contribution in [2.75, 3.05) is 24.5 Å². The topological polar surface area (TPSA) is 65.4 Å². The molecule has 8 heteroatoms. The number of hydrogen-bond acceptors (Lipinski definition) is 5. The highest BCUT2D eigenvalue weighted by Gasteiger charge is 2.20. The van der Waals surface area contributed by atoms with Crippen LogP contribution in [0.25, 0.3) is 0 Å². The summed E-state index contributed by atoms with van der Waals surface area (Å²) in [5.41, 5.74) is 1.05. The van der Waals surface area contributed by atoms with Crippen LogP contribution >= 0.6 is 35.3 Å². The third-order valence-electron chi connectivity index (χ3n) is 4.45. The summed E-state index contributed by atoms with van der Waals surface area (Å²) in [6.07, 6.45) is 5.01. The first-order valence-corrected chi connectivity index (χ1v) is 10.3. The van der Waals surface area contributed by atoms with E-state index in [-0.39, 0.29) is 24.0 Å². The minimum absolute atomic E-state index is 0. The number of hydrogen-bond donors (Lipinski definition) is 2. The van der Waals surface area contributed by atoms with Gasteiger partial charge in [0.05, 0.1) is 17.2 Å². The van der Waals surface area contributed by atoms with Gasteiger partial charge in [0, 0.05) is 37.3 Å². The van der Waals surface area contributed by atoms with Crippen LogP contribution < -0.4 is 15.5 Å². The maximum atomic E-state index is 4.72. The lowest BCUT2D eigenvalue weighted by Gasteiger charge is -2.33. The average Bonchev–Trinajstić information content (AvgIpc) is 3.16. The Hall–Kier alpha value is -1.42. The number of anilines is 1. The zero-order chi connectivity index (χ0) is 18.2. The second-order valence-electron chi connectivity index (χ2n) is 6.37. The van der Waals surface area contributed by atoms with Gasteiger partial charge in [-0.1, -0.05) is 13.0 Å². The van der Waals surface area contributed by atoms with Gasteiger partial charge in [0.25, 0.3) is 0 Å². The first-order valence-electron chi connectivity index (χ1n) is 9.42. The Morgan fingerprint density at radius 3 is 2.74 bits per heavy atom. The van der Waals surface area contributed by atoms with E-state index in [4.69, 9.17) is 4.99 Å². The van der Waals surface area contributed by atoms with Crippen molar-refractivity contribution < 1.29 is 0 Å². The summed E-state index contributed by atoms with van der Waals surface area (Å²) in [6.45, 7) is 7.74. The van der Waals surface area contributed by atoms with Gasteiger partial charge in [0.15, 0.2) is 5.96 Å². The Balaban J connectivity index is 0.00000261. The molecule has 3 rings (SSSR count). The minimum atomic E-state index is 0. The Bertz CT molecular complexity index is 697. The molecule has 0 saturated carbocycles. The van der Waals surface area contributed by atoms with Crippen LogP contribution in [-0.2, 0) is 13.0 Å². The summed E-state index contributed by atoms with van der Waals surface area (Å²) in [5, 5.41) is 10.2. The van der Waals surface area contributed by atoms with Gasteiger partial charge >= 0.3 is 0 Å². The third kappa shape index (κ3) is 6.60. The largest absolute Gasteiger partial charge is 0.357 e. The Morgan fingerprint density at radius 1 is 1.30 bits per heavy atom. The van der Waals surface area contributed by atoms with E-state index >= 15 is 0 Å². The standard InChI is InChI=1S/C19H28N6S.HI/c1-3-18-23-16(14-26-18)13-22-19(20-4-2)24-15-8-11-25(12-9-15)17-7-5-6-10-21-17;/h5-7,10,14-15H,3-4,8-9,11-13H2,1-2H3,(H2,20,22,24);1H. The van der Waals surface area contributed by atoms with Crippen molar-refractivity contribution >= 4 is 47.1 Å². The second kappa shape index (κ2) is 11.4. The summed E-state index contributed by atoms with van der Waals surface area (Å²) in [6, 6.07) is 6.53. The van der Waals surface area contributed by atoms with E-state index in [1.165, 1.54) is 5.01 Å². The van der Waals surface area contributed by atoms with Crippen LogP contribution in [0, 0.1) is 0 Å². The highest BCUT2D eigenvalue weighted by molar-refractivity contribution is 14.0. The smallest absolute Gasteiger partial charge is 0.191 e. The van der Waals surface area contributed by atoms with Gasteiger partial charge in [-0.25, -0.2) is 15.0 Å². The van der Waals surface area contributed by atoms with Crippen LogP contribution in [0.5, 0.6) is 0 Å². The lowest BCUT2D eigenvalue weighted by atomic mass is 10.1. The first-order chi connectivity index (χ1) is 12.8. The van der Waals surface area contributed by atoms with Crippen LogP contribution in [0.1, 0.15) is 37.4 Å². The number of guanidine groups is 1. The van der Waals surface area contributed by atoms with Crippen molar-refractivity contribution in [3.8, 4) is 0 Å². The number of nitrogens with one attached hydrogen (secondary N) is 2. The molecule has 0 spiro atoms. The molecule has 148 valence electrons. The quantitative estimate of drug-likeness (QED) is 0.362. The molecule has 3 heterocycles. The monoisotopic (exact) mass is 500 g/mol. The molecule has 0 atom stereocenters. The van der Waals surface area contributed by atoms with Gasteiger partial charge < -0.3 is 15.5 Å². The van der Waals surface area contributed by atoms with Gasteiger partial charge in [-0.15, -0.1) is 35.3 Å². The number of rotatable bonds is 6. The molecule has 0 radical (unpaired) electrons. The Labute approximate surface area is 182 Å². The van der Waals surface area contributed by atoms with Crippen LogP contribution in [0.3, 0.4) is 0 Å². The van der Waals surface area contributed by atoms with Gasteiger partial charge in [0.1, 0.15) is 5.82 Å². The highest BCUT2D eigenvalue weighted by atomic mass is 127. The minimum Gasteiger partial charge on any atom is -0.357 e. The molecule has 0 aliphatic carbocycles. The second-order valence-corrected chi connectivity index (χ2v) is 7.32. The summed E-state index contributed by atoms with van der Waals surface area (Å²) >= 11 is 1.72. The molecule has 6 nitrogen and oxygen atoms in total. The van der Waals surface area contributed by atoms with Gasteiger partial charge in [-0.3, -0.25) is 0 Å². The average molecular weight is 500 g/mol. The molecule has 2 N–H and O–H groups in total. The van der Waals surface area contributed by atoms with Crippen molar-refractivity contribution in [1.82, 2.24) is 20.6 Å². The number of pyridine rings is 1. The molecule has 1 saturated heterocycles. The number of nitrogens with zero attached hydrogens (tertiary/aromatic N) is 4. The predicted octanol–water partition coefficient (Wildman–Crippen LogP) is 3.44. The van der Waals surface area contributed by atoms with Crippen LogP contribution in [0.15, 0.2) is 34.8 Å². The Morgan fingerprint density at radius 2 is 2.11 bits per heavy atom. The normalized spacial score (nSPS) is 15.3. The van der Waals surface area contributed by atoms with E-state index in [2.05, 4.69) is 50.8 Å². The van der Waals surface area contributed by atoms with E-state index in [9.17, 15) is 0 Å². The maximum Gasteiger partial charge on any atom is 0.191 e. The van der Waals surface area contributed by atoms with E-state index in [0.29, 0.717) is 12.6 Å². The van der Waals surface area contributed by atoms with Gasteiger partial charge in [-0.2, -0.15) is 0 Å². The third-order valence-corrected chi connectivity index (χ3v) is 5.50. The molecule has 2 aromatic heterocycles. The number of halogens is 1. The van der Waals surface area contributed by atoms with Crippen molar-refractivity contribution in [3.63, 3.8) is 0 Å². The molecular weight excluding hydrogens is 471 g/mol. The maximum absolute atomic E-state index is 4.72. The fraction of sp³-hybridized carbons (Fsp3) is 0.526. The molecule has 0 amide bonds. The summed E-state index contributed by atoms with van der Waals surface area (Å²) < 4.78 is 0. The number of piperidine rings is 1. The molecule has 1 fully saturated rings. The lowest BCUT2D eigenvalue weighted by molar-refractivity contribution is 0.459. The van der Waals surface area contributed by atoms with Gasteiger partial charge in [0.2, 0.25) is 0 Å². The summed E-state index contributed by atoms with van der Waals surface area (Å²) in [4.78, 5) is 16.1. The van der Waals surface area contributed by atoms with Crippen LogP contribution in [0.2, 0.25) is 0 Å². The zero-order valence-electron chi connectivity index (χ0n) is 16.0. The molecular formula is C19H29IN6S. The van der Waals surface area contributed by atoms with E-state index in [1.54, 1.807) is 11.3 Å². The van der Waals surface area contributed by atoms with Crippen LogP contribution in [-0.4, -0.2) is 41.6 Å². The SMILES string of the molecule is CCNC(=NCc1csc(CC)n1)NC1CCN(c2ccccn2)CC1.I. The fourth-order valence-corrected chi connectivity index (χ4v) is 3.79. The Kier molecular flexibility index (Phi) is 9.26.